The van der Waals surface area contributed by atoms with Gasteiger partial charge in [0.25, 0.3) is 0 Å². The Labute approximate surface area is 104 Å². The fourth-order valence-electron chi connectivity index (χ4n) is 1.58. The Kier molecular flexibility index (Phi) is 5.57. The SMILES string of the molecule is CCC1CN(C(=O)N[C@H](CO)C(=O)O)CCS1. The molecule has 6 nitrogen and oxygen atoms in total. The van der Waals surface area contributed by atoms with Crippen molar-refractivity contribution in [3.05, 3.63) is 0 Å². The molecule has 0 bridgehead atoms. The molecule has 17 heavy (non-hydrogen) atoms. The van der Waals surface area contributed by atoms with Crippen LogP contribution in [0.15, 0.2) is 0 Å². The second kappa shape index (κ2) is 6.70. The maximum absolute atomic E-state index is 11.8. The van der Waals surface area contributed by atoms with E-state index in [1.54, 1.807) is 4.90 Å². The maximum atomic E-state index is 11.8. The Balaban J connectivity index is 2.48. The second-order valence-electron chi connectivity index (χ2n) is 3.87. The molecule has 1 unspecified atom stereocenters. The fourth-order valence-corrected chi connectivity index (χ4v) is 2.76. The van der Waals surface area contributed by atoms with Gasteiger partial charge < -0.3 is 20.4 Å². The van der Waals surface area contributed by atoms with Gasteiger partial charge in [-0.05, 0) is 6.42 Å². The number of carbonyl (C=O) groups is 2. The summed E-state index contributed by atoms with van der Waals surface area (Å²) in [5.74, 6) is -0.359. The minimum absolute atomic E-state index is 0.409. The highest BCUT2D eigenvalue weighted by Crippen LogP contribution is 2.20. The number of carboxylic acids is 1. The number of hydrogen-bond acceptors (Lipinski definition) is 4. The zero-order chi connectivity index (χ0) is 12.8. The number of nitrogens with one attached hydrogen (secondary N) is 1. The normalized spacial score (nSPS) is 22.0. The number of aliphatic carboxylic acids is 1. The van der Waals surface area contributed by atoms with Gasteiger partial charge in [0.2, 0.25) is 0 Å². The topological polar surface area (TPSA) is 89.9 Å². The van der Waals surface area contributed by atoms with E-state index in [1.807, 2.05) is 11.8 Å². The quantitative estimate of drug-likeness (QED) is 0.662. The first-order valence-corrected chi connectivity index (χ1v) is 6.64. The summed E-state index contributed by atoms with van der Waals surface area (Å²) in [6.07, 6.45) is 0.983. The van der Waals surface area contributed by atoms with Gasteiger partial charge in [-0.25, -0.2) is 9.59 Å². The third-order valence-corrected chi connectivity index (χ3v) is 4.03. The van der Waals surface area contributed by atoms with Crippen molar-refractivity contribution in [3.63, 3.8) is 0 Å². The zero-order valence-electron chi connectivity index (χ0n) is 9.76. The molecular formula is C10H18N2O4S. The van der Waals surface area contributed by atoms with Gasteiger partial charge in [-0.2, -0.15) is 11.8 Å². The third-order valence-electron chi connectivity index (χ3n) is 2.66. The maximum Gasteiger partial charge on any atom is 0.328 e. The van der Waals surface area contributed by atoms with Crippen LogP contribution in [-0.2, 0) is 4.79 Å². The number of thioether (sulfide) groups is 1. The van der Waals surface area contributed by atoms with Crippen LogP contribution in [0.5, 0.6) is 0 Å². The molecular weight excluding hydrogens is 244 g/mol. The van der Waals surface area contributed by atoms with E-state index in [2.05, 4.69) is 12.2 Å². The number of urea groups is 1. The summed E-state index contributed by atoms with van der Waals surface area (Å²) in [5.41, 5.74) is 0. The molecule has 1 rings (SSSR count). The number of amides is 2. The van der Waals surface area contributed by atoms with Crippen LogP contribution < -0.4 is 5.32 Å². The Hall–Kier alpha value is -0.950. The molecule has 0 aromatic heterocycles. The molecule has 1 aliphatic heterocycles. The minimum Gasteiger partial charge on any atom is -0.480 e. The number of hydrogen-bond donors (Lipinski definition) is 3. The van der Waals surface area contributed by atoms with E-state index in [-0.39, 0.29) is 0 Å². The van der Waals surface area contributed by atoms with Gasteiger partial charge in [0, 0.05) is 24.1 Å². The molecule has 2 atom stereocenters. The lowest BCUT2D eigenvalue weighted by atomic mass is 10.3. The van der Waals surface area contributed by atoms with Crippen LogP contribution in [0.3, 0.4) is 0 Å². The number of nitrogens with zero attached hydrogens (tertiary/aromatic N) is 1. The van der Waals surface area contributed by atoms with Gasteiger partial charge in [-0.15, -0.1) is 0 Å². The van der Waals surface area contributed by atoms with Crippen LogP contribution in [0.4, 0.5) is 4.79 Å². The first-order chi connectivity index (χ1) is 8.08. The van der Waals surface area contributed by atoms with E-state index >= 15 is 0 Å². The van der Waals surface area contributed by atoms with Crippen LogP contribution in [0, 0.1) is 0 Å². The molecule has 7 heteroatoms. The van der Waals surface area contributed by atoms with Gasteiger partial charge in [-0.1, -0.05) is 6.92 Å². The van der Waals surface area contributed by atoms with Crippen LogP contribution >= 0.6 is 11.8 Å². The number of carbonyl (C=O) groups excluding carboxylic acids is 1. The second-order valence-corrected chi connectivity index (χ2v) is 5.28. The molecule has 1 aliphatic rings. The Morgan fingerprint density at radius 1 is 1.59 bits per heavy atom. The molecule has 1 saturated heterocycles. The van der Waals surface area contributed by atoms with E-state index in [9.17, 15) is 9.59 Å². The van der Waals surface area contributed by atoms with Crippen LogP contribution in [0.25, 0.3) is 0 Å². The molecule has 0 spiro atoms. The largest absolute Gasteiger partial charge is 0.480 e. The number of carboxylic acid groups (broad SMARTS) is 1. The first kappa shape index (κ1) is 14.1. The lowest BCUT2D eigenvalue weighted by Gasteiger charge is -2.32. The predicted octanol–water partition coefficient (Wildman–Crippen LogP) is -0.0311. The molecule has 1 fully saturated rings. The van der Waals surface area contributed by atoms with Crippen molar-refractivity contribution >= 4 is 23.8 Å². The standard InChI is InChI=1S/C10H18N2O4S/c1-2-7-5-12(3-4-17-7)10(16)11-8(6-13)9(14)15/h7-8,13H,2-6H2,1H3,(H,11,16)(H,14,15)/t7?,8-/m1/s1. The van der Waals surface area contributed by atoms with Crippen molar-refractivity contribution in [2.24, 2.45) is 0 Å². The Bertz CT molecular complexity index is 287. The van der Waals surface area contributed by atoms with Gasteiger partial charge in [0.15, 0.2) is 6.04 Å². The lowest BCUT2D eigenvalue weighted by Crippen LogP contribution is -2.52. The molecule has 0 aromatic carbocycles. The summed E-state index contributed by atoms with van der Waals surface area (Å²) in [6, 6.07) is -1.64. The third kappa shape index (κ3) is 4.08. The molecule has 0 saturated carbocycles. The summed E-state index contributed by atoms with van der Waals surface area (Å²) in [7, 11) is 0. The van der Waals surface area contributed by atoms with Crippen molar-refractivity contribution in [1.29, 1.82) is 0 Å². The van der Waals surface area contributed by atoms with E-state index in [0.29, 0.717) is 18.3 Å². The predicted molar refractivity (Wildman–Crippen MR) is 65.2 cm³/mol. The molecule has 1 heterocycles. The van der Waals surface area contributed by atoms with Gasteiger partial charge in [-0.3, -0.25) is 0 Å². The van der Waals surface area contributed by atoms with Crippen molar-refractivity contribution in [2.75, 3.05) is 25.4 Å². The molecule has 98 valence electrons. The van der Waals surface area contributed by atoms with Crippen LogP contribution in [-0.4, -0.2) is 63.9 Å². The average molecular weight is 262 g/mol. The fraction of sp³-hybridized carbons (Fsp3) is 0.800. The van der Waals surface area contributed by atoms with E-state index in [1.165, 1.54) is 0 Å². The Morgan fingerprint density at radius 2 is 2.29 bits per heavy atom. The molecule has 2 amide bonds. The summed E-state index contributed by atoms with van der Waals surface area (Å²) in [6.45, 7) is 2.71. The average Bonchev–Trinajstić information content (AvgIpc) is 2.35. The van der Waals surface area contributed by atoms with Crippen LogP contribution in [0.1, 0.15) is 13.3 Å². The van der Waals surface area contributed by atoms with Gasteiger partial charge in [0.1, 0.15) is 0 Å². The molecule has 0 radical (unpaired) electrons. The highest BCUT2D eigenvalue weighted by atomic mass is 32.2. The van der Waals surface area contributed by atoms with E-state index in [4.69, 9.17) is 10.2 Å². The molecule has 3 N–H and O–H groups in total. The molecule has 0 aromatic rings. The smallest absolute Gasteiger partial charge is 0.328 e. The highest BCUT2D eigenvalue weighted by molar-refractivity contribution is 8.00. The van der Waals surface area contributed by atoms with Gasteiger partial charge >= 0.3 is 12.0 Å². The number of aliphatic hydroxyl groups excluding tert-OH is 1. The van der Waals surface area contributed by atoms with E-state index in [0.717, 1.165) is 12.2 Å². The number of aliphatic hydroxyl groups is 1. The summed E-state index contributed by atoms with van der Waals surface area (Å²) in [4.78, 5) is 24.0. The van der Waals surface area contributed by atoms with Gasteiger partial charge in [0.05, 0.1) is 6.61 Å². The molecule has 0 aliphatic carbocycles. The zero-order valence-corrected chi connectivity index (χ0v) is 10.6. The van der Waals surface area contributed by atoms with Crippen molar-refractivity contribution < 1.29 is 19.8 Å². The lowest BCUT2D eigenvalue weighted by molar-refractivity contribution is -0.140. The van der Waals surface area contributed by atoms with Crippen molar-refractivity contribution in [2.45, 2.75) is 24.6 Å². The number of rotatable bonds is 4. The summed E-state index contributed by atoms with van der Waals surface area (Å²) >= 11 is 1.83. The monoisotopic (exact) mass is 262 g/mol. The van der Waals surface area contributed by atoms with Crippen LogP contribution in [0.2, 0.25) is 0 Å². The highest BCUT2D eigenvalue weighted by Gasteiger charge is 2.26. The van der Waals surface area contributed by atoms with Crippen molar-refractivity contribution in [1.82, 2.24) is 10.2 Å². The summed E-state index contributed by atoms with van der Waals surface area (Å²) in [5, 5.41) is 20.3. The first-order valence-electron chi connectivity index (χ1n) is 5.59. The van der Waals surface area contributed by atoms with Crippen molar-refractivity contribution in [3.8, 4) is 0 Å². The Morgan fingerprint density at radius 3 is 2.82 bits per heavy atom. The minimum atomic E-state index is -1.22. The summed E-state index contributed by atoms with van der Waals surface area (Å²) < 4.78 is 0. The van der Waals surface area contributed by atoms with E-state index < -0.39 is 24.6 Å².